The van der Waals surface area contributed by atoms with E-state index in [9.17, 15) is 18.7 Å². The zero-order valence-corrected chi connectivity index (χ0v) is 18.5. The monoisotopic (exact) mass is 432 g/mol. The van der Waals surface area contributed by atoms with Gasteiger partial charge in [0.2, 0.25) is 0 Å². The lowest BCUT2D eigenvalue weighted by atomic mass is 10.4. The fourth-order valence-electron chi connectivity index (χ4n) is 2.27. The minimum Gasteiger partial charge on any atom is -0.464 e. The van der Waals surface area contributed by atoms with Gasteiger partial charge in [0.1, 0.15) is 0 Å². The van der Waals surface area contributed by atoms with E-state index in [-0.39, 0.29) is 39.6 Å². The van der Waals surface area contributed by atoms with Gasteiger partial charge in [-0.3, -0.25) is 9.13 Å². The standard InChI is InChI=1S/C15H30O10P2/c1-7-20-13(16)15(14(17)21-8-2,26(18,22-9-3)23-10-4)27(19,24-11-5)25-12-6/h7-12H2,1-6H3. The van der Waals surface area contributed by atoms with Crippen LogP contribution in [0.15, 0.2) is 0 Å². The highest BCUT2D eigenvalue weighted by molar-refractivity contribution is 7.77. The molecule has 0 unspecified atom stereocenters. The highest BCUT2D eigenvalue weighted by Crippen LogP contribution is 2.78. The Morgan fingerprint density at radius 1 is 0.593 bits per heavy atom. The van der Waals surface area contributed by atoms with Crippen LogP contribution in [-0.2, 0) is 46.3 Å². The molecule has 0 saturated heterocycles. The average Bonchev–Trinajstić information content (AvgIpc) is 2.56. The summed E-state index contributed by atoms with van der Waals surface area (Å²) in [5.74, 6) is -2.84. The maximum absolute atomic E-state index is 13.7. The van der Waals surface area contributed by atoms with E-state index in [1.807, 2.05) is 0 Å². The summed E-state index contributed by atoms with van der Waals surface area (Å²) in [6, 6.07) is 0. The van der Waals surface area contributed by atoms with Crippen LogP contribution in [0.3, 0.4) is 0 Å². The summed E-state index contributed by atoms with van der Waals surface area (Å²) in [5.41, 5.74) is 0. The molecule has 0 aliphatic rings. The third-order valence-electron chi connectivity index (χ3n) is 3.11. The lowest BCUT2D eigenvalue weighted by Gasteiger charge is -2.37. The van der Waals surface area contributed by atoms with Crippen LogP contribution < -0.4 is 0 Å². The molecule has 0 aromatic carbocycles. The summed E-state index contributed by atoms with van der Waals surface area (Å²) in [6.45, 7) is 7.57. The second-order valence-corrected chi connectivity index (χ2v) is 9.50. The van der Waals surface area contributed by atoms with Gasteiger partial charge in [-0.1, -0.05) is 0 Å². The van der Waals surface area contributed by atoms with Crippen molar-refractivity contribution in [3.05, 3.63) is 0 Å². The highest BCUT2D eigenvalue weighted by Gasteiger charge is 2.78. The number of hydrogen-bond acceptors (Lipinski definition) is 10. The van der Waals surface area contributed by atoms with Crippen LogP contribution in [0.4, 0.5) is 0 Å². The number of carbonyl (C=O) groups excluding carboxylic acids is 2. The van der Waals surface area contributed by atoms with Gasteiger partial charge < -0.3 is 27.6 Å². The highest BCUT2D eigenvalue weighted by atomic mass is 31.2. The van der Waals surface area contributed by atoms with E-state index in [0.717, 1.165) is 0 Å². The normalized spacial score (nSPS) is 12.7. The molecule has 12 heteroatoms. The zero-order chi connectivity index (χ0) is 21.1. The van der Waals surface area contributed by atoms with Gasteiger partial charge in [-0.2, -0.15) is 0 Å². The van der Waals surface area contributed by atoms with Gasteiger partial charge in [-0.15, -0.1) is 0 Å². The van der Waals surface area contributed by atoms with Crippen molar-refractivity contribution in [1.29, 1.82) is 0 Å². The molecule has 0 rings (SSSR count). The van der Waals surface area contributed by atoms with E-state index in [4.69, 9.17) is 27.6 Å². The van der Waals surface area contributed by atoms with Crippen LogP contribution in [0.2, 0.25) is 0 Å². The van der Waals surface area contributed by atoms with Gasteiger partial charge in [0.15, 0.2) is 0 Å². The first-order valence-corrected chi connectivity index (χ1v) is 11.9. The Morgan fingerprint density at radius 2 is 0.852 bits per heavy atom. The molecule has 0 amide bonds. The van der Waals surface area contributed by atoms with E-state index in [0.29, 0.717) is 0 Å². The van der Waals surface area contributed by atoms with Gasteiger partial charge in [0.25, 0.3) is 0 Å². The number of esters is 2. The van der Waals surface area contributed by atoms with Crippen molar-refractivity contribution in [1.82, 2.24) is 0 Å². The third-order valence-corrected chi connectivity index (χ3v) is 9.29. The Balaban J connectivity index is 7.12. The number of rotatable bonds is 14. The summed E-state index contributed by atoms with van der Waals surface area (Å²) in [7, 11) is -9.55. The van der Waals surface area contributed by atoms with Crippen molar-refractivity contribution in [3.8, 4) is 0 Å². The fourth-order valence-corrected chi connectivity index (χ4v) is 7.57. The molecule has 0 spiro atoms. The first kappa shape index (κ1) is 26.2. The smallest absolute Gasteiger partial charge is 0.372 e. The summed E-state index contributed by atoms with van der Waals surface area (Å²) in [5, 5.41) is 0. The quantitative estimate of drug-likeness (QED) is 0.229. The topological polar surface area (TPSA) is 124 Å². The predicted molar refractivity (Wildman–Crippen MR) is 97.7 cm³/mol. The lowest BCUT2D eigenvalue weighted by molar-refractivity contribution is -0.157. The van der Waals surface area contributed by atoms with Gasteiger partial charge in [-0.05, 0) is 41.5 Å². The van der Waals surface area contributed by atoms with E-state index >= 15 is 0 Å². The molecule has 160 valence electrons. The summed E-state index contributed by atoms with van der Waals surface area (Å²) in [4.78, 5) is 22.9. The number of ether oxygens (including phenoxy) is 2. The summed E-state index contributed by atoms with van der Waals surface area (Å²) >= 11 is 0. The van der Waals surface area contributed by atoms with Gasteiger partial charge in [0, 0.05) is 0 Å². The fraction of sp³-hybridized carbons (Fsp3) is 0.867. The maximum atomic E-state index is 13.7. The first-order valence-electron chi connectivity index (χ1n) is 8.83. The van der Waals surface area contributed by atoms with Crippen molar-refractivity contribution in [2.75, 3.05) is 39.6 Å². The van der Waals surface area contributed by atoms with E-state index in [1.165, 1.54) is 41.5 Å². The Hall–Kier alpha value is -0.760. The molecular formula is C15H30O10P2. The molecule has 27 heavy (non-hydrogen) atoms. The molecule has 0 bridgehead atoms. The molecular weight excluding hydrogens is 402 g/mol. The molecule has 10 nitrogen and oxygen atoms in total. The zero-order valence-electron chi connectivity index (χ0n) is 16.7. The molecule has 0 aromatic rings. The van der Waals surface area contributed by atoms with Crippen LogP contribution in [-0.4, -0.2) is 56.5 Å². The third kappa shape index (κ3) is 5.19. The lowest BCUT2D eigenvalue weighted by Crippen LogP contribution is -2.50. The van der Waals surface area contributed by atoms with Crippen LogP contribution in [0.5, 0.6) is 0 Å². The van der Waals surface area contributed by atoms with Gasteiger partial charge >= 0.3 is 32.0 Å². The average molecular weight is 432 g/mol. The molecule has 0 aromatic heterocycles. The SMILES string of the molecule is CCOC(=O)C(C(=O)OCC)(P(=O)(OCC)OCC)P(=O)(OCC)OCC. The van der Waals surface area contributed by atoms with Gasteiger partial charge in [0.05, 0.1) is 39.6 Å². The Labute approximate surface area is 160 Å². The second-order valence-electron chi connectivity index (χ2n) is 4.78. The minimum atomic E-state index is -4.78. The largest absolute Gasteiger partial charge is 0.464 e. The van der Waals surface area contributed by atoms with E-state index < -0.39 is 32.0 Å². The molecule has 0 radical (unpaired) electrons. The Kier molecular flexibility index (Phi) is 11.6. The molecule has 0 atom stereocenters. The van der Waals surface area contributed by atoms with Crippen molar-refractivity contribution in [2.24, 2.45) is 0 Å². The molecule has 0 N–H and O–H groups in total. The summed E-state index contributed by atoms with van der Waals surface area (Å²) < 4.78 is 58.1. The maximum Gasteiger partial charge on any atom is 0.372 e. The second kappa shape index (κ2) is 11.9. The van der Waals surface area contributed by atoms with E-state index in [2.05, 4.69) is 0 Å². The number of carbonyl (C=O) groups is 2. The Morgan fingerprint density at radius 3 is 1.04 bits per heavy atom. The minimum absolute atomic E-state index is 0.198. The van der Waals surface area contributed by atoms with Crippen LogP contribution >= 0.6 is 15.2 Å². The molecule has 0 fully saturated rings. The van der Waals surface area contributed by atoms with Gasteiger partial charge in [-0.25, -0.2) is 9.59 Å². The predicted octanol–water partition coefficient (Wildman–Crippen LogP) is 3.34. The summed E-state index contributed by atoms with van der Waals surface area (Å²) in [6.07, 6.45) is 0. The van der Waals surface area contributed by atoms with Crippen LogP contribution in [0.25, 0.3) is 0 Å². The van der Waals surface area contributed by atoms with Crippen LogP contribution in [0.1, 0.15) is 41.5 Å². The number of hydrogen-bond donors (Lipinski definition) is 0. The molecule has 0 aliphatic heterocycles. The van der Waals surface area contributed by atoms with Crippen LogP contribution in [0, 0.1) is 0 Å². The van der Waals surface area contributed by atoms with Crippen molar-refractivity contribution < 1.29 is 46.3 Å². The molecule has 0 aliphatic carbocycles. The first-order chi connectivity index (χ1) is 12.7. The molecule has 0 saturated carbocycles. The molecule has 0 heterocycles. The van der Waals surface area contributed by atoms with Crippen molar-refractivity contribution >= 4 is 27.1 Å². The van der Waals surface area contributed by atoms with E-state index in [1.54, 1.807) is 0 Å². The van der Waals surface area contributed by atoms with Crippen molar-refractivity contribution in [2.45, 2.75) is 46.4 Å². The Bertz CT molecular complexity index is 507. The van der Waals surface area contributed by atoms with Crippen molar-refractivity contribution in [3.63, 3.8) is 0 Å².